The number of aryl methyl sites for hydroxylation is 1. The number of likely N-dealkylation sites (N-methyl/N-ethyl adjacent to an activating group) is 1. The summed E-state index contributed by atoms with van der Waals surface area (Å²) in [5.74, 6) is -0.117. The molecule has 122 valence electrons. The molecule has 3 atom stereocenters. The number of amides is 1. The van der Waals surface area contributed by atoms with Crippen LogP contribution in [0.15, 0.2) is 18.3 Å². The number of rotatable bonds is 5. The van der Waals surface area contributed by atoms with Gasteiger partial charge in [-0.3, -0.25) is 9.48 Å². The molecule has 0 radical (unpaired) electrons. The average molecular weight is 309 g/mol. The minimum Gasteiger partial charge on any atom is -0.376 e. The molecule has 0 N–H and O–H groups in total. The summed E-state index contributed by atoms with van der Waals surface area (Å²) in [7, 11) is 6.81. The van der Waals surface area contributed by atoms with Crippen LogP contribution in [0.4, 0.5) is 0 Å². The Kier molecular flexibility index (Phi) is 5.70. The highest BCUT2D eigenvalue weighted by Crippen LogP contribution is 2.19. The lowest BCUT2D eigenvalue weighted by Gasteiger charge is -2.40. The van der Waals surface area contributed by atoms with Gasteiger partial charge in [0.2, 0.25) is 5.91 Å². The molecule has 0 aromatic carbocycles. The molecule has 1 saturated heterocycles. The van der Waals surface area contributed by atoms with E-state index in [1.165, 1.54) is 6.08 Å². The van der Waals surface area contributed by atoms with Gasteiger partial charge in [0.1, 0.15) is 12.2 Å². The number of hydrogen-bond donors (Lipinski definition) is 0. The molecule has 22 heavy (non-hydrogen) atoms. The molecule has 1 aromatic rings. The maximum Gasteiger partial charge on any atom is 0.246 e. The summed E-state index contributed by atoms with van der Waals surface area (Å²) in [6.07, 6.45) is 4.57. The van der Waals surface area contributed by atoms with Gasteiger partial charge in [0, 0.05) is 40.6 Å². The zero-order valence-electron chi connectivity index (χ0n) is 13.4. The molecule has 1 aliphatic rings. The van der Waals surface area contributed by atoms with Crippen molar-refractivity contribution in [3.63, 3.8) is 0 Å². The van der Waals surface area contributed by atoms with Crippen LogP contribution in [0.25, 0.3) is 6.08 Å². The maximum atomic E-state index is 12.4. The van der Waals surface area contributed by atoms with Crippen LogP contribution in [0, 0.1) is 0 Å². The normalized spacial score (nSPS) is 25.5. The van der Waals surface area contributed by atoms with Crippen molar-refractivity contribution in [1.82, 2.24) is 14.7 Å². The summed E-state index contributed by atoms with van der Waals surface area (Å²) in [6.45, 7) is 0.901. The fourth-order valence-corrected chi connectivity index (χ4v) is 2.57. The minimum absolute atomic E-state index is 0.117. The van der Waals surface area contributed by atoms with Gasteiger partial charge in [-0.2, -0.15) is 5.10 Å². The highest BCUT2D eigenvalue weighted by Gasteiger charge is 2.38. The summed E-state index contributed by atoms with van der Waals surface area (Å²) >= 11 is 0. The molecule has 7 nitrogen and oxygen atoms in total. The topological polar surface area (TPSA) is 65.8 Å². The van der Waals surface area contributed by atoms with Gasteiger partial charge >= 0.3 is 0 Å². The number of aromatic nitrogens is 2. The number of carbonyl (C=O) groups excluding carboxylic acids is 1. The Morgan fingerprint density at radius 3 is 2.82 bits per heavy atom. The van der Waals surface area contributed by atoms with E-state index in [0.29, 0.717) is 13.2 Å². The first kappa shape index (κ1) is 16.7. The lowest BCUT2D eigenvalue weighted by molar-refractivity contribution is -0.161. The van der Waals surface area contributed by atoms with Crippen molar-refractivity contribution in [2.24, 2.45) is 7.05 Å². The van der Waals surface area contributed by atoms with Crippen LogP contribution in [0.1, 0.15) is 5.69 Å². The lowest BCUT2D eigenvalue weighted by atomic mass is 10.0. The largest absolute Gasteiger partial charge is 0.376 e. The quantitative estimate of drug-likeness (QED) is 0.733. The maximum absolute atomic E-state index is 12.4. The SMILES string of the molecule is CO[C@H]1[C@H](N(C)C(=O)/C=C/c2ccnn2C)COC[C@H]1OC. The number of methoxy groups -OCH3 is 2. The molecule has 7 heteroatoms. The monoisotopic (exact) mass is 309 g/mol. The number of nitrogens with zero attached hydrogens (tertiary/aromatic N) is 3. The molecule has 1 fully saturated rings. The second-order valence-electron chi connectivity index (χ2n) is 5.24. The van der Waals surface area contributed by atoms with Crippen molar-refractivity contribution in [3.05, 3.63) is 24.0 Å². The first-order chi connectivity index (χ1) is 10.6. The van der Waals surface area contributed by atoms with E-state index >= 15 is 0 Å². The lowest BCUT2D eigenvalue weighted by Crippen LogP contribution is -2.57. The van der Waals surface area contributed by atoms with Crippen molar-refractivity contribution in [3.8, 4) is 0 Å². The second-order valence-corrected chi connectivity index (χ2v) is 5.24. The Morgan fingerprint density at radius 2 is 2.23 bits per heavy atom. The van der Waals surface area contributed by atoms with E-state index in [-0.39, 0.29) is 24.2 Å². The van der Waals surface area contributed by atoms with Crippen molar-refractivity contribution in [1.29, 1.82) is 0 Å². The van der Waals surface area contributed by atoms with Crippen LogP contribution in [0.2, 0.25) is 0 Å². The van der Waals surface area contributed by atoms with Gasteiger partial charge in [0.05, 0.1) is 24.9 Å². The molecule has 2 rings (SSSR count). The number of hydrogen-bond acceptors (Lipinski definition) is 5. The Bertz CT molecular complexity index is 529. The van der Waals surface area contributed by atoms with Gasteiger partial charge in [-0.1, -0.05) is 0 Å². The summed E-state index contributed by atoms with van der Waals surface area (Å²) < 4.78 is 18.1. The summed E-state index contributed by atoms with van der Waals surface area (Å²) in [4.78, 5) is 14.0. The Balaban J connectivity index is 2.05. The third kappa shape index (κ3) is 3.55. The smallest absolute Gasteiger partial charge is 0.246 e. The van der Waals surface area contributed by atoms with Gasteiger partial charge in [-0.05, 0) is 12.1 Å². The summed E-state index contributed by atoms with van der Waals surface area (Å²) in [6, 6.07) is 1.65. The molecule has 1 aromatic heterocycles. The molecular weight excluding hydrogens is 286 g/mol. The second kappa shape index (κ2) is 7.53. The van der Waals surface area contributed by atoms with Gasteiger partial charge in [0.25, 0.3) is 0 Å². The predicted molar refractivity (Wildman–Crippen MR) is 81.2 cm³/mol. The van der Waals surface area contributed by atoms with Gasteiger partial charge in [-0.25, -0.2) is 0 Å². The van der Waals surface area contributed by atoms with Crippen LogP contribution >= 0.6 is 0 Å². The standard InChI is InChI=1S/C15H23N3O4/c1-17(12-9-22-10-13(20-3)15(12)21-4)14(19)6-5-11-7-8-16-18(11)2/h5-8,12-13,15H,9-10H2,1-4H3/b6-5+/t12-,13-,15+/m1/s1. The van der Waals surface area contributed by atoms with E-state index in [4.69, 9.17) is 14.2 Å². The third-order valence-electron chi connectivity index (χ3n) is 3.99. The van der Waals surface area contributed by atoms with Crippen LogP contribution in [-0.2, 0) is 26.1 Å². The highest BCUT2D eigenvalue weighted by molar-refractivity contribution is 5.91. The van der Waals surface area contributed by atoms with Gasteiger partial charge < -0.3 is 19.1 Å². The summed E-state index contributed by atoms with van der Waals surface area (Å²) in [5.41, 5.74) is 0.861. The fourth-order valence-electron chi connectivity index (χ4n) is 2.57. The van der Waals surface area contributed by atoms with Crippen molar-refractivity contribution in [2.75, 3.05) is 34.5 Å². The molecule has 0 aliphatic carbocycles. The Morgan fingerprint density at radius 1 is 1.45 bits per heavy atom. The van der Waals surface area contributed by atoms with Crippen LogP contribution in [0.3, 0.4) is 0 Å². The van der Waals surface area contributed by atoms with Crippen LogP contribution in [-0.4, -0.2) is 73.3 Å². The van der Waals surface area contributed by atoms with Crippen molar-refractivity contribution >= 4 is 12.0 Å². The zero-order chi connectivity index (χ0) is 16.1. The first-order valence-corrected chi connectivity index (χ1v) is 7.14. The molecule has 1 amide bonds. The summed E-state index contributed by atoms with van der Waals surface area (Å²) in [5, 5.41) is 4.06. The van der Waals surface area contributed by atoms with Crippen LogP contribution in [0.5, 0.6) is 0 Å². The molecule has 0 unspecified atom stereocenters. The van der Waals surface area contributed by atoms with Gasteiger partial charge in [0.15, 0.2) is 0 Å². The van der Waals surface area contributed by atoms with E-state index in [9.17, 15) is 4.79 Å². The first-order valence-electron chi connectivity index (χ1n) is 7.14. The zero-order valence-corrected chi connectivity index (χ0v) is 13.4. The van der Waals surface area contributed by atoms with E-state index < -0.39 is 0 Å². The number of carbonyl (C=O) groups is 1. The molecule has 1 aliphatic heterocycles. The van der Waals surface area contributed by atoms with Crippen molar-refractivity contribution < 1.29 is 19.0 Å². The fraction of sp³-hybridized carbons (Fsp3) is 0.600. The predicted octanol–water partition coefficient (Wildman–Crippen LogP) is 0.321. The molecule has 2 heterocycles. The van der Waals surface area contributed by atoms with E-state index in [0.717, 1.165) is 5.69 Å². The minimum atomic E-state index is -0.210. The number of ether oxygens (including phenoxy) is 3. The Hall–Kier alpha value is -1.70. The molecule has 0 bridgehead atoms. The van der Waals surface area contributed by atoms with Crippen molar-refractivity contribution in [2.45, 2.75) is 18.2 Å². The van der Waals surface area contributed by atoms with Crippen LogP contribution < -0.4 is 0 Å². The molecule has 0 saturated carbocycles. The average Bonchev–Trinajstić information content (AvgIpc) is 2.95. The van der Waals surface area contributed by atoms with Gasteiger partial charge in [-0.15, -0.1) is 0 Å². The Labute approximate surface area is 130 Å². The van der Waals surface area contributed by atoms with E-state index in [1.807, 2.05) is 13.1 Å². The van der Waals surface area contributed by atoms with E-state index in [1.54, 1.807) is 43.1 Å². The van der Waals surface area contributed by atoms with E-state index in [2.05, 4.69) is 5.10 Å². The third-order valence-corrected chi connectivity index (χ3v) is 3.99. The molecule has 0 spiro atoms. The molecular formula is C15H23N3O4. The highest BCUT2D eigenvalue weighted by atomic mass is 16.6.